The van der Waals surface area contributed by atoms with E-state index in [1.807, 2.05) is 12.1 Å². The molecule has 1 heterocycles. The number of nitrogens with zero attached hydrogens (tertiary/aromatic N) is 1. The Kier molecular flexibility index (Phi) is 5.65. The van der Waals surface area contributed by atoms with E-state index in [9.17, 15) is 4.39 Å². The van der Waals surface area contributed by atoms with Gasteiger partial charge in [-0.2, -0.15) is 0 Å². The summed E-state index contributed by atoms with van der Waals surface area (Å²) < 4.78 is 18.1. The van der Waals surface area contributed by atoms with Crippen molar-refractivity contribution in [3.63, 3.8) is 0 Å². The van der Waals surface area contributed by atoms with Gasteiger partial charge >= 0.3 is 0 Å². The van der Waals surface area contributed by atoms with Gasteiger partial charge in [-0.1, -0.05) is 42.2 Å². The van der Waals surface area contributed by atoms with E-state index in [1.54, 1.807) is 19.2 Å². The molecule has 0 fully saturated rings. The maximum Gasteiger partial charge on any atom is 0.189 e. The average molecular weight is 369 g/mol. The van der Waals surface area contributed by atoms with Gasteiger partial charge in [0.05, 0.1) is 11.5 Å². The minimum Gasteiger partial charge on any atom is -0.384 e. The number of halogens is 1. The highest BCUT2D eigenvalue weighted by Crippen LogP contribution is 2.35. The molecule has 0 saturated heterocycles. The highest BCUT2D eigenvalue weighted by molar-refractivity contribution is 7.17. The van der Waals surface area contributed by atoms with E-state index in [0.717, 1.165) is 28.1 Å². The number of methoxy groups -OCH3 is 1. The lowest BCUT2D eigenvalue weighted by Crippen LogP contribution is -1.95. The normalized spacial score (nSPS) is 10.7. The average Bonchev–Trinajstić information content (AvgIpc) is 3.02. The largest absolute Gasteiger partial charge is 0.384 e. The molecular formula is C20H20FN3OS. The first kappa shape index (κ1) is 18.1. The second-order valence-corrected chi connectivity index (χ2v) is 6.78. The zero-order valence-electron chi connectivity index (χ0n) is 14.5. The van der Waals surface area contributed by atoms with E-state index in [1.165, 1.54) is 29.0 Å². The highest BCUT2D eigenvalue weighted by Gasteiger charge is 2.13. The number of ether oxygens (including phenoxy) is 1. The second kappa shape index (κ2) is 8.12. The second-order valence-electron chi connectivity index (χ2n) is 5.78. The maximum atomic E-state index is 13.0. The molecule has 26 heavy (non-hydrogen) atoms. The minimum absolute atomic E-state index is 0.280. The molecule has 0 aliphatic heterocycles. The van der Waals surface area contributed by atoms with Crippen molar-refractivity contribution < 1.29 is 9.13 Å². The van der Waals surface area contributed by atoms with Crippen LogP contribution in [0.5, 0.6) is 0 Å². The fourth-order valence-corrected chi connectivity index (χ4v) is 3.38. The Hall–Kier alpha value is -2.70. The van der Waals surface area contributed by atoms with Crippen molar-refractivity contribution in [2.45, 2.75) is 6.42 Å². The molecule has 0 saturated carbocycles. The molecule has 134 valence electrons. The quantitative estimate of drug-likeness (QED) is 0.624. The predicted molar refractivity (Wildman–Crippen MR) is 106 cm³/mol. The van der Waals surface area contributed by atoms with Gasteiger partial charge in [0.15, 0.2) is 5.13 Å². The van der Waals surface area contributed by atoms with Crippen LogP contribution in [0.3, 0.4) is 0 Å². The Balaban J connectivity index is 1.75. The molecular weight excluding hydrogens is 349 g/mol. The van der Waals surface area contributed by atoms with Gasteiger partial charge < -0.3 is 15.8 Å². The lowest BCUT2D eigenvalue weighted by molar-refractivity contribution is 0.202. The van der Waals surface area contributed by atoms with Gasteiger partial charge in [-0.3, -0.25) is 0 Å². The van der Waals surface area contributed by atoms with Gasteiger partial charge in [0.25, 0.3) is 0 Å². The lowest BCUT2D eigenvalue weighted by Gasteiger charge is -2.06. The van der Waals surface area contributed by atoms with Gasteiger partial charge in [0, 0.05) is 12.8 Å². The minimum atomic E-state index is -0.280. The van der Waals surface area contributed by atoms with Crippen molar-refractivity contribution in [1.29, 1.82) is 0 Å². The molecule has 0 radical (unpaired) electrons. The summed E-state index contributed by atoms with van der Waals surface area (Å²) in [6.07, 6.45) is 0.873. The summed E-state index contributed by atoms with van der Waals surface area (Å²) in [7, 11) is 1.69. The van der Waals surface area contributed by atoms with Crippen LogP contribution in [0.1, 0.15) is 16.0 Å². The van der Waals surface area contributed by atoms with Gasteiger partial charge in [-0.15, -0.1) is 0 Å². The molecule has 3 aromatic rings. The molecule has 0 aliphatic rings. The van der Waals surface area contributed by atoms with Crippen LogP contribution in [0.4, 0.5) is 21.0 Å². The third-order valence-corrected chi connectivity index (χ3v) is 4.97. The Bertz CT molecular complexity index is 888. The number of rotatable bonds is 7. The van der Waals surface area contributed by atoms with E-state index in [-0.39, 0.29) is 5.82 Å². The summed E-state index contributed by atoms with van der Waals surface area (Å²) in [5.41, 5.74) is 9.85. The van der Waals surface area contributed by atoms with Crippen LogP contribution in [-0.2, 0) is 11.2 Å². The number of nitrogens with two attached hydrogens (primary N) is 1. The van der Waals surface area contributed by atoms with E-state index in [4.69, 9.17) is 10.5 Å². The standard InChI is InChI=1S/C20H20FN3OS/c1-13(15-5-3-14(4-6-15)11-12-25-2)18-19(22)24-20(26-18)23-17-9-7-16(21)8-10-17/h3-10H,1,11-12,22H2,2H3,(H,23,24). The Morgan fingerprint density at radius 1 is 1.19 bits per heavy atom. The van der Waals surface area contributed by atoms with Crippen molar-refractivity contribution >= 4 is 33.5 Å². The van der Waals surface area contributed by atoms with Crippen LogP contribution < -0.4 is 11.1 Å². The SMILES string of the molecule is C=C(c1ccc(CCOC)cc1)c1sc(Nc2ccc(F)cc2)nc1N. The molecule has 6 heteroatoms. The Labute approximate surface area is 156 Å². The Morgan fingerprint density at radius 3 is 2.54 bits per heavy atom. The third kappa shape index (κ3) is 4.28. The fourth-order valence-electron chi connectivity index (χ4n) is 2.48. The van der Waals surface area contributed by atoms with E-state index in [2.05, 4.69) is 29.0 Å². The molecule has 0 spiro atoms. The van der Waals surface area contributed by atoms with Gasteiger partial charge in [-0.05, 0) is 47.4 Å². The zero-order valence-corrected chi connectivity index (χ0v) is 15.3. The van der Waals surface area contributed by atoms with Crippen molar-refractivity contribution in [3.8, 4) is 0 Å². The number of nitrogen functional groups attached to an aromatic ring is 1. The van der Waals surface area contributed by atoms with Crippen molar-refractivity contribution in [1.82, 2.24) is 4.98 Å². The van der Waals surface area contributed by atoms with Gasteiger partial charge in [-0.25, -0.2) is 9.37 Å². The molecule has 0 aliphatic carbocycles. The molecule has 0 atom stereocenters. The van der Waals surface area contributed by atoms with Crippen LogP contribution in [0.25, 0.3) is 5.57 Å². The van der Waals surface area contributed by atoms with E-state index >= 15 is 0 Å². The van der Waals surface area contributed by atoms with Gasteiger partial charge in [0.1, 0.15) is 11.6 Å². The maximum absolute atomic E-state index is 13.0. The van der Waals surface area contributed by atoms with E-state index < -0.39 is 0 Å². The number of aromatic nitrogens is 1. The number of hydrogen-bond acceptors (Lipinski definition) is 5. The first-order chi connectivity index (χ1) is 12.6. The first-order valence-electron chi connectivity index (χ1n) is 8.13. The summed E-state index contributed by atoms with van der Waals surface area (Å²) in [5.74, 6) is 0.144. The third-order valence-electron chi connectivity index (χ3n) is 3.92. The molecule has 0 unspecified atom stereocenters. The fraction of sp³-hybridized carbons (Fsp3) is 0.150. The van der Waals surface area contributed by atoms with Crippen LogP contribution >= 0.6 is 11.3 Å². The molecule has 2 aromatic carbocycles. The Morgan fingerprint density at radius 2 is 1.88 bits per heavy atom. The monoisotopic (exact) mass is 369 g/mol. The predicted octanol–water partition coefficient (Wildman–Crippen LogP) is 4.86. The molecule has 3 rings (SSSR count). The van der Waals surface area contributed by atoms with Crippen LogP contribution in [-0.4, -0.2) is 18.7 Å². The highest BCUT2D eigenvalue weighted by atomic mass is 32.1. The van der Waals surface area contributed by atoms with E-state index in [0.29, 0.717) is 17.6 Å². The summed E-state index contributed by atoms with van der Waals surface area (Å²) in [5, 5.41) is 3.78. The summed E-state index contributed by atoms with van der Waals surface area (Å²) in [6.45, 7) is 4.86. The summed E-state index contributed by atoms with van der Waals surface area (Å²) >= 11 is 1.42. The van der Waals surface area contributed by atoms with Crippen molar-refractivity contribution in [3.05, 3.63) is 76.9 Å². The number of hydrogen-bond donors (Lipinski definition) is 2. The zero-order chi connectivity index (χ0) is 18.5. The number of nitrogens with one attached hydrogen (secondary N) is 1. The number of benzene rings is 2. The molecule has 1 aromatic heterocycles. The van der Waals surface area contributed by atoms with Gasteiger partial charge in [0.2, 0.25) is 0 Å². The smallest absolute Gasteiger partial charge is 0.189 e. The molecule has 4 nitrogen and oxygen atoms in total. The number of thiazole rings is 1. The first-order valence-corrected chi connectivity index (χ1v) is 8.95. The van der Waals surface area contributed by atoms with Crippen LogP contribution in [0.2, 0.25) is 0 Å². The topological polar surface area (TPSA) is 60.2 Å². The number of anilines is 3. The molecule has 0 bridgehead atoms. The lowest BCUT2D eigenvalue weighted by atomic mass is 10.0. The van der Waals surface area contributed by atoms with Crippen molar-refractivity contribution in [2.24, 2.45) is 0 Å². The summed E-state index contributed by atoms with van der Waals surface area (Å²) in [6, 6.07) is 14.3. The van der Waals surface area contributed by atoms with Crippen LogP contribution in [0.15, 0.2) is 55.1 Å². The molecule has 0 amide bonds. The molecule has 3 N–H and O–H groups in total. The summed E-state index contributed by atoms with van der Waals surface area (Å²) in [4.78, 5) is 5.17. The van der Waals surface area contributed by atoms with Crippen LogP contribution in [0, 0.1) is 5.82 Å². The van der Waals surface area contributed by atoms with Crippen molar-refractivity contribution in [2.75, 3.05) is 24.8 Å².